The van der Waals surface area contributed by atoms with E-state index < -0.39 is 0 Å². The van der Waals surface area contributed by atoms with Crippen LogP contribution >= 0.6 is 0 Å². The van der Waals surface area contributed by atoms with Gasteiger partial charge in [0.15, 0.2) is 0 Å². The molecule has 100 valence electrons. The Morgan fingerprint density at radius 1 is 1.21 bits per heavy atom. The van der Waals surface area contributed by atoms with Gasteiger partial charge in [0, 0.05) is 24.5 Å². The van der Waals surface area contributed by atoms with Crippen molar-refractivity contribution in [2.45, 2.75) is 37.8 Å². The Labute approximate surface area is 116 Å². The van der Waals surface area contributed by atoms with Crippen molar-refractivity contribution >= 4 is 0 Å². The Morgan fingerprint density at radius 3 is 2.63 bits per heavy atom. The van der Waals surface area contributed by atoms with Crippen LogP contribution < -0.4 is 0 Å². The molecular formula is C18H23N. The van der Waals surface area contributed by atoms with Crippen LogP contribution in [-0.2, 0) is 0 Å². The molecule has 4 rings (SSSR count). The van der Waals surface area contributed by atoms with Gasteiger partial charge in [-0.25, -0.2) is 0 Å². The number of rotatable bonds is 4. The fourth-order valence-corrected chi connectivity index (χ4v) is 4.25. The fraction of sp³-hybridized carbons (Fsp3) is 0.444. The van der Waals surface area contributed by atoms with Crippen LogP contribution in [0.3, 0.4) is 0 Å². The minimum Gasteiger partial charge on any atom is -0.289 e. The third-order valence-electron chi connectivity index (χ3n) is 4.91. The van der Waals surface area contributed by atoms with E-state index in [1.54, 1.807) is 11.1 Å². The molecule has 2 bridgehead atoms. The lowest BCUT2D eigenvalue weighted by Crippen LogP contribution is -2.52. The van der Waals surface area contributed by atoms with Crippen LogP contribution in [0.5, 0.6) is 0 Å². The van der Waals surface area contributed by atoms with Gasteiger partial charge in [-0.15, -0.1) is 13.2 Å². The molecule has 0 spiro atoms. The molecule has 1 aromatic carbocycles. The summed E-state index contributed by atoms with van der Waals surface area (Å²) in [5.74, 6) is 1.42. The minimum atomic E-state index is 0.569. The topological polar surface area (TPSA) is 3.24 Å². The molecule has 1 fully saturated rings. The monoisotopic (exact) mass is 253 g/mol. The second-order valence-corrected chi connectivity index (χ2v) is 5.96. The molecule has 1 saturated heterocycles. The van der Waals surface area contributed by atoms with E-state index in [1.165, 1.54) is 6.42 Å². The van der Waals surface area contributed by atoms with Gasteiger partial charge in [0.25, 0.3) is 0 Å². The summed E-state index contributed by atoms with van der Waals surface area (Å²) in [6.45, 7) is 11.3. The average Bonchev–Trinajstić information content (AvgIpc) is 2.42. The molecule has 0 N–H and O–H groups in total. The zero-order chi connectivity index (χ0) is 13.4. The first-order valence-electron chi connectivity index (χ1n) is 7.34. The molecule has 2 aliphatic heterocycles. The number of nitrogens with zero attached hydrogens (tertiary/aromatic N) is 1. The van der Waals surface area contributed by atoms with E-state index in [0.717, 1.165) is 18.9 Å². The quantitative estimate of drug-likeness (QED) is 0.723. The normalized spacial score (nSPS) is 32.9. The molecule has 3 aliphatic rings. The average molecular weight is 253 g/mol. The summed E-state index contributed by atoms with van der Waals surface area (Å²) in [5, 5.41) is 0. The Kier molecular flexibility index (Phi) is 3.32. The largest absolute Gasteiger partial charge is 0.289 e. The maximum atomic E-state index is 3.96. The summed E-state index contributed by atoms with van der Waals surface area (Å²) in [4.78, 5) is 2.64. The van der Waals surface area contributed by atoms with Gasteiger partial charge in [0.05, 0.1) is 0 Å². The lowest BCUT2D eigenvalue weighted by atomic mass is 9.64. The van der Waals surface area contributed by atoms with Crippen molar-refractivity contribution in [2.24, 2.45) is 5.92 Å². The highest BCUT2D eigenvalue weighted by atomic mass is 15.2. The summed E-state index contributed by atoms with van der Waals surface area (Å²) in [6, 6.07) is 10.2. The van der Waals surface area contributed by atoms with E-state index >= 15 is 0 Å². The molecule has 0 radical (unpaired) electrons. The van der Waals surface area contributed by atoms with Crippen LogP contribution in [0, 0.1) is 5.92 Å². The molecule has 0 saturated carbocycles. The lowest BCUT2D eigenvalue weighted by molar-refractivity contribution is 0.0281. The standard InChI is InChI=1S/C18H23N/c1-4-8-16-18-13(3)12-17(19(16)11-5-2)14-9-6-7-10-15(14)18/h4-7,9-10,13,16-18H,1-2,8,11-12H2,3H3/t13?,16-,17-,18+/m0/s1. The smallest absolute Gasteiger partial charge is 0.0360 e. The number of piperidine rings is 1. The molecular weight excluding hydrogens is 230 g/mol. The molecule has 4 atom stereocenters. The van der Waals surface area contributed by atoms with Gasteiger partial charge in [0.2, 0.25) is 0 Å². The maximum Gasteiger partial charge on any atom is 0.0360 e. The van der Waals surface area contributed by atoms with E-state index in [0.29, 0.717) is 18.0 Å². The van der Waals surface area contributed by atoms with Crippen molar-refractivity contribution in [3.8, 4) is 0 Å². The molecule has 1 aliphatic carbocycles. The predicted octanol–water partition coefficient (Wildman–Crippen LogP) is 4.30. The first-order chi connectivity index (χ1) is 9.27. The summed E-state index contributed by atoms with van der Waals surface area (Å²) >= 11 is 0. The summed E-state index contributed by atoms with van der Waals surface area (Å²) in [7, 11) is 0. The van der Waals surface area contributed by atoms with E-state index in [2.05, 4.69) is 55.3 Å². The van der Waals surface area contributed by atoms with Crippen LogP contribution in [0.25, 0.3) is 0 Å². The predicted molar refractivity (Wildman–Crippen MR) is 81.2 cm³/mol. The zero-order valence-electron chi connectivity index (χ0n) is 11.8. The number of hydrogen-bond acceptors (Lipinski definition) is 1. The van der Waals surface area contributed by atoms with Gasteiger partial charge < -0.3 is 0 Å². The molecule has 19 heavy (non-hydrogen) atoms. The molecule has 0 aromatic heterocycles. The number of hydrogen-bond donors (Lipinski definition) is 0. The minimum absolute atomic E-state index is 0.569. The van der Waals surface area contributed by atoms with Crippen molar-refractivity contribution in [3.05, 3.63) is 60.7 Å². The van der Waals surface area contributed by atoms with Crippen molar-refractivity contribution in [1.29, 1.82) is 0 Å². The van der Waals surface area contributed by atoms with Gasteiger partial charge in [0.1, 0.15) is 0 Å². The van der Waals surface area contributed by atoms with Gasteiger partial charge in [-0.1, -0.05) is 43.3 Å². The molecule has 1 aromatic rings. The molecule has 2 heterocycles. The van der Waals surface area contributed by atoms with E-state index in [1.807, 2.05) is 6.08 Å². The Morgan fingerprint density at radius 2 is 1.95 bits per heavy atom. The SMILES string of the molecule is C=CC[C@H]1[C@H]2c3ccccc3[C@H](CC2C)N1CC=C. The molecule has 1 unspecified atom stereocenters. The summed E-state index contributed by atoms with van der Waals surface area (Å²) < 4.78 is 0. The third-order valence-corrected chi connectivity index (χ3v) is 4.91. The van der Waals surface area contributed by atoms with Crippen molar-refractivity contribution in [1.82, 2.24) is 4.90 Å². The van der Waals surface area contributed by atoms with E-state index in [9.17, 15) is 0 Å². The highest BCUT2D eigenvalue weighted by molar-refractivity contribution is 5.40. The van der Waals surface area contributed by atoms with E-state index in [4.69, 9.17) is 0 Å². The van der Waals surface area contributed by atoms with Gasteiger partial charge >= 0.3 is 0 Å². The van der Waals surface area contributed by atoms with Crippen LogP contribution in [0.1, 0.15) is 42.9 Å². The van der Waals surface area contributed by atoms with Crippen molar-refractivity contribution in [2.75, 3.05) is 6.54 Å². The van der Waals surface area contributed by atoms with Gasteiger partial charge in [-0.3, -0.25) is 4.90 Å². The Bertz CT molecular complexity index is 490. The lowest BCUT2D eigenvalue weighted by Gasteiger charge is -2.55. The van der Waals surface area contributed by atoms with Crippen LogP contribution in [-0.4, -0.2) is 17.5 Å². The first kappa shape index (κ1) is 12.7. The second kappa shape index (κ2) is 4.97. The first-order valence-corrected chi connectivity index (χ1v) is 7.34. The third kappa shape index (κ3) is 1.88. The fourth-order valence-electron chi connectivity index (χ4n) is 4.25. The summed E-state index contributed by atoms with van der Waals surface area (Å²) in [5.41, 5.74) is 3.13. The van der Waals surface area contributed by atoms with Crippen molar-refractivity contribution < 1.29 is 0 Å². The highest BCUT2D eigenvalue weighted by Gasteiger charge is 2.47. The molecule has 1 heteroatoms. The second-order valence-electron chi connectivity index (χ2n) is 5.96. The van der Waals surface area contributed by atoms with Crippen molar-refractivity contribution in [3.63, 3.8) is 0 Å². The Hall–Kier alpha value is -1.34. The Balaban J connectivity index is 2.08. The number of fused-ring (bicyclic) bond motifs is 2. The van der Waals surface area contributed by atoms with E-state index in [-0.39, 0.29) is 0 Å². The molecule has 1 nitrogen and oxygen atoms in total. The van der Waals surface area contributed by atoms with Crippen LogP contribution in [0.2, 0.25) is 0 Å². The maximum absolute atomic E-state index is 3.96. The molecule has 0 amide bonds. The van der Waals surface area contributed by atoms with Gasteiger partial charge in [-0.2, -0.15) is 0 Å². The highest BCUT2D eigenvalue weighted by Crippen LogP contribution is 2.53. The van der Waals surface area contributed by atoms with Gasteiger partial charge in [-0.05, 0) is 29.9 Å². The number of benzene rings is 1. The summed E-state index contributed by atoms with van der Waals surface area (Å²) in [6.07, 6.45) is 6.48. The van der Waals surface area contributed by atoms with Crippen LogP contribution in [0.15, 0.2) is 49.6 Å². The zero-order valence-corrected chi connectivity index (χ0v) is 11.8. The van der Waals surface area contributed by atoms with Crippen LogP contribution in [0.4, 0.5) is 0 Å².